The lowest BCUT2D eigenvalue weighted by Crippen LogP contribution is -2.17. The second kappa shape index (κ2) is 5.80. The minimum Gasteiger partial charge on any atom is -0.468 e. The normalized spacial score (nSPS) is 11.1. The van der Waals surface area contributed by atoms with E-state index in [0.29, 0.717) is 25.2 Å². The van der Waals surface area contributed by atoms with E-state index in [0.717, 1.165) is 11.3 Å². The molecule has 0 aliphatic rings. The largest absolute Gasteiger partial charge is 0.468 e. The number of hydrogen-bond donors (Lipinski definition) is 1. The van der Waals surface area contributed by atoms with Gasteiger partial charge in [-0.15, -0.1) is 0 Å². The van der Waals surface area contributed by atoms with Gasteiger partial charge in [0, 0.05) is 24.2 Å². The average Bonchev–Trinajstić information content (AvgIpc) is 2.80. The molecule has 1 aromatic heterocycles. The van der Waals surface area contributed by atoms with Gasteiger partial charge in [-0.1, -0.05) is 18.2 Å². The van der Waals surface area contributed by atoms with Crippen molar-refractivity contribution in [2.45, 2.75) is 19.6 Å². The molecule has 2 aromatic rings. The van der Waals surface area contributed by atoms with E-state index in [-0.39, 0.29) is 5.82 Å². The third-order valence-electron chi connectivity index (χ3n) is 2.77. The highest BCUT2D eigenvalue weighted by molar-refractivity contribution is 5.17. The first-order valence-corrected chi connectivity index (χ1v) is 5.87. The van der Waals surface area contributed by atoms with Crippen molar-refractivity contribution in [3.05, 3.63) is 59.3 Å². The zero-order chi connectivity index (χ0) is 13.0. The summed E-state index contributed by atoms with van der Waals surface area (Å²) in [5, 5.41) is 0. The second-order valence-corrected chi connectivity index (χ2v) is 4.39. The van der Waals surface area contributed by atoms with Gasteiger partial charge in [0.1, 0.15) is 11.6 Å². The monoisotopic (exact) mass is 248 g/mol. The predicted octanol–water partition coefficient (Wildman–Crippen LogP) is 2.51. The van der Waals surface area contributed by atoms with Gasteiger partial charge in [-0.3, -0.25) is 4.90 Å². The highest BCUT2D eigenvalue weighted by Crippen LogP contribution is 2.13. The lowest BCUT2D eigenvalue weighted by molar-refractivity contribution is 0.284. The van der Waals surface area contributed by atoms with Gasteiger partial charge in [0.15, 0.2) is 0 Å². The average molecular weight is 248 g/mol. The summed E-state index contributed by atoms with van der Waals surface area (Å²) >= 11 is 0. The Balaban J connectivity index is 1.96. The predicted molar refractivity (Wildman–Crippen MR) is 68.2 cm³/mol. The van der Waals surface area contributed by atoms with Crippen molar-refractivity contribution in [3.63, 3.8) is 0 Å². The van der Waals surface area contributed by atoms with Crippen LogP contribution in [0, 0.1) is 5.82 Å². The molecule has 2 N–H and O–H groups in total. The van der Waals surface area contributed by atoms with Crippen molar-refractivity contribution in [2.75, 3.05) is 7.05 Å². The van der Waals surface area contributed by atoms with Crippen molar-refractivity contribution in [2.24, 2.45) is 5.73 Å². The van der Waals surface area contributed by atoms with Crippen LogP contribution in [0.4, 0.5) is 4.39 Å². The number of furan rings is 1. The quantitative estimate of drug-likeness (QED) is 0.884. The molecular formula is C14H17FN2O. The van der Waals surface area contributed by atoms with E-state index in [1.54, 1.807) is 18.4 Å². The third-order valence-corrected chi connectivity index (χ3v) is 2.77. The van der Waals surface area contributed by atoms with Crippen molar-refractivity contribution in [1.82, 2.24) is 4.90 Å². The van der Waals surface area contributed by atoms with Crippen molar-refractivity contribution in [3.8, 4) is 0 Å². The first-order valence-electron chi connectivity index (χ1n) is 5.87. The standard InChI is InChI=1S/C14H17FN2O/c1-17(8-12-4-2-3-5-14(12)15)9-13-6-11(7-16)10-18-13/h2-6,10H,7-9,16H2,1H3. The minimum atomic E-state index is -0.175. The number of benzene rings is 1. The Morgan fingerprint density at radius 2 is 2.06 bits per heavy atom. The first kappa shape index (κ1) is 12.8. The van der Waals surface area contributed by atoms with E-state index in [2.05, 4.69) is 0 Å². The molecule has 96 valence electrons. The van der Waals surface area contributed by atoms with Gasteiger partial charge >= 0.3 is 0 Å². The van der Waals surface area contributed by atoms with Crippen LogP contribution in [-0.4, -0.2) is 11.9 Å². The smallest absolute Gasteiger partial charge is 0.127 e. The van der Waals surface area contributed by atoms with Crippen LogP contribution in [0.3, 0.4) is 0 Å². The molecule has 0 bridgehead atoms. The molecule has 1 aromatic carbocycles. The van der Waals surface area contributed by atoms with Gasteiger partial charge < -0.3 is 10.2 Å². The van der Waals surface area contributed by atoms with Gasteiger partial charge in [0.05, 0.1) is 12.8 Å². The Kier molecular flexibility index (Phi) is 4.12. The number of rotatable bonds is 5. The molecular weight excluding hydrogens is 231 g/mol. The maximum atomic E-state index is 13.5. The highest BCUT2D eigenvalue weighted by atomic mass is 19.1. The molecule has 0 fully saturated rings. The van der Waals surface area contributed by atoms with E-state index >= 15 is 0 Å². The Morgan fingerprint density at radius 1 is 1.28 bits per heavy atom. The SMILES string of the molecule is CN(Cc1cc(CN)co1)Cc1ccccc1F. The van der Waals surface area contributed by atoms with Crippen LogP contribution in [0.2, 0.25) is 0 Å². The van der Waals surface area contributed by atoms with Crippen LogP contribution < -0.4 is 5.73 Å². The van der Waals surface area contributed by atoms with E-state index in [1.807, 2.05) is 24.1 Å². The molecule has 0 saturated heterocycles. The van der Waals surface area contributed by atoms with Gasteiger partial charge in [0.25, 0.3) is 0 Å². The molecule has 0 atom stereocenters. The van der Waals surface area contributed by atoms with E-state index in [1.165, 1.54) is 6.07 Å². The molecule has 0 unspecified atom stereocenters. The number of nitrogens with zero attached hydrogens (tertiary/aromatic N) is 1. The first-order chi connectivity index (χ1) is 8.69. The van der Waals surface area contributed by atoms with Gasteiger partial charge in [-0.2, -0.15) is 0 Å². The molecule has 0 saturated carbocycles. The topological polar surface area (TPSA) is 42.4 Å². The summed E-state index contributed by atoms with van der Waals surface area (Å²) in [7, 11) is 1.93. The zero-order valence-corrected chi connectivity index (χ0v) is 10.4. The Labute approximate surface area is 106 Å². The fraction of sp³-hybridized carbons (Fsp3) is 0.286. The summed E-state index contributed by atoms with van der Waals surface area (Å²) < 4.78 is 18.9. The molecule has 0 aliphatic carbocycles. The van der Waals surface area contributed by atoms with Gasteiger partial charge in [-0.25, -0.2) is 4.39 Å². The molecule has 18 heavy (non-hydrogen) atoms. The summed E-state index contributed by atoms with van der Waals surface area (Å²) in [5.74, 6) is 0.667. The fourth-order valence-electron chi connectivity index (χ4n) is 1.86. The van der Waals surface area contributed by atoms with E-state index in [9.17, 15) is 4.39 Å². The Bertz CT molecular complexity index is 510. The maximum absolute atomic E-state index is 13.5. The second-order valence-electron chi connectivity index (χ2n) is 4.39. The van der Waals surface area contributed by atoms with E-state index < -0.39 is 0 Å². The Hall–Kier alpha value is -1.65. The molecule has 0 amide bonds. The zero-order valence-electron chi connectivity index (χ0n) is 10.4. The summed E-state index contributed by atoms with van der Waals surface area (Å²) in [6.45, 7) is 1.65. The van der Waals surface area contributed by atoms with Crippen LogP contribution in [0.5, 0.6) is 0 Å². The van der Waals surface area contributed by atoms with Crippen molar-refractivity contribution < 1.29 is 8.81 Å². The van der Waals surface area contributed by atoms with Crippen LogP contribution in [-0.2, 0) is 19.6 Å². The summed E-state index contributed by atoms with van der Waals surface area (Å²) in [5.41, 5.74) is 7.18. The van der Waals surface area contributed by atoms with Crippen LogP contribution in [0.25, 0.3) is 0 Å². The molecule has 0 spiro atoms. The van der Waals surface area contributed by atoms with Gasteiger partial charge in [0.2, 0.25) is 0 Å². The summed E-state index contributed by atoms with van der Waals surface area (Å²) in [6.07, 6.45) is 1.66. The maximum Gasteiger partial charge on any atom is 0.127 e. The third kappa shape index (κ3) is 3.18. The minimum absolute atomic E-state index is 0.175. The number of hydrogen-bond acceptors (Lipinski definition) is 3. The number of nitrogens with two attached hydrogens (primary N) is 1. The molecule has 4 heteroatoms. The molecule has 0 aliphatic heterocycles. The lowest BCUT2D eigenvalue weighted by atomic mass is 10.2. The van der Waals surface area contributed by atoms with Crippen LogP contribution in [0.15, 0.2) is 41.0 Å². The van der Waals surface area contributed by atoms with Crippen LogP contribution >= 0.6 is 0 Å². The lowest BCUT2D eigenvalue weighted by Gasteiger charge is -2.15. The van der Waals surface area contributed by atoms with E-state index in [4.69, 9.17) is 10.2 Å². The number of halogens is 1. The summed E-state index contributed by atoms with van der Waals surface area (Å²) in [4.78, 5) is 2.00. The molecule has 3 nitrogen and oxygen atoms in total. The fourth-order valence-corrected chi connectivity index (χ4v) is 1.86. The molecule has 1 heterocycles. The van der Waals surface area contributed by atoms with Gasteiger partial charge in [-0.05, 0) is 19.2 Å². The Morgan fingerprint density at radius 3 is 2.72 bits per heavy atom. The van der Waals surface area contributed by atoms with Crippen molar-refractivity contribution in [1.29, 1.82) is 0 Å². The highest BCUT2D eigenvalue weighted by Gasteiger charge is 2.08. The van der Waals surface area contributed by atoms with Crippen molar-refractivity contribution >= 4 is 0 Å². The summed E-state index contributed by atoms with van der Waals surface area (Å²) in [6, 6.07) is 8.73. The molecule has 2 rings (SSSR count). The van der Waals surface area contributed by atoms with Crippen LogP contribution in [0.1, 0.15) is 16.9 Å². The molecule has 0 radical (unpaired) electrons.